The molecule has 25 heavy (non-hydrogen) atoms. The molecule has 0 N–H and O–H groups in total. The van der Waals surface area contributed by atoms with Gasteiger partial charge in [-0.2, -0.15) is 0 Å². The van der Waals surface area contributed by atoms with Crippen LogP contribution < -0.4 is 0 Å². The van der Waals surface area contributed by atoms with Gasteiger partial charge in [-0.1, -0.05) is 24.6 Å². The van der Waals surface area contributed by atoms with Crippen molar-refractivity contribution in [2.45, 2.75) is 57.7 Å². The van der Waals surface area contributed by atoms with Crippen LogP contribution in [0, 0.1) is 0 Å². The van der Waals surface area contributed by atoms with E-state index >= 15 is 0 Å². The van der Waals surface area contributed by atoms with Crippen molar-refractivity contribution < 1.29 is 4.74 Å². The second-order valence-electron chi connectivity index (χ2n) is 7.26. The number of likely N-dealkylation sites (tertiary alicyclic amines) is 1. The Hall–Kier alpha value is -0.940. The summed E-state index contributed by atoms with van der Waals surface area (Å²) in [6, 6.07) is 6.86. The topological polar surface area (TPSA) is 25.4 Å². The van der Waals surface area contributed by atoms with Crippen LogP contribution in [0.25, 0.3) is 0 Å². The highest BCUT2D eigenvalue weighted by Crippen LogP contribution is 2.46. The van der Waals surface area contributed by atoms with Crippen molar-refractivity contribution in [2.75, 3.05) is 13.2 Å². The molecule has 2 atom stereocenters. The van der Waals surface area contributed by atoms with Gasteiger partial charge < -0.3 is 4.74 Å². The number of halogens is 1. The summed E-state index contributed by atoms with van der Waals surface area (Å²) in [5.41, 5.74) is 2.65. The van der Waals surface area contributed by atoms with Crippen molar-refractivity contribution in [2.24, 2.45) is 0 Å². The summed E-state index contributed by atoms with van der Waals surface area (Å²) in [5, 5.41) is 0.557. The normalized spacial score (nSPS) is 26.8. The summed E-state index contributed by atoms with van der Waals surface area (Å²) in [6.45, 7) is 7.42. The summed E-state index contributed by atoms with van der Waals surface area (Å²) in [4.78, 5) is 9.81. The van der Waals surface area contributed by atoms with Crippen LogP contribution in [0.3, 0.4) is 0 Å². The number of aromatic nitrogens is 1. The number of piperidine rings is 1. The first-order chi connectivity index (χ1) is 12.1. The second-order valence-corrected chi connectivity index (χ2v) is 8.87. The van der Waals surface area contributed by atoms with E-state index in [4.69, 9.17) is 16.3 Å². The molecule has 2 aliphatic rings. The van der Waals surface area contributed by atoms with Crippen molar-refractivity contribution in [3.8, 4) is 0 Å². The number of fused-ring (bicyclic) bond motifs is 2. The van der Waals surface area contributed by atoms with Gasteiger partial charge in [-0.05, 0) is 49.4 Å². The molecule has 0 bridgehead atoms. The zero-order valence-electron chi connectivity index (χ0n) is 14.9. The smallest absolute Gasteiger partial charge is 0.129 e. The van der Waals surface area contributed by atoms with E-state index in [1.807, 2.05) is 23.6 Å². The Balaban J connectivity index is 1.51. The number of nitrogens with zero attached hydrogens (tertiary/aromatic N) is 2. The first-order valence-electron chi connectivity index (χ1n) is 9.20. The third-order valence-electron chi connectivity index (χ3n) is 5.63. The molecule has 5 heteroatoms. The molecule has 3 nitrogen and oxygen atoms in total. The summed E-state index contributed by atoms with van der Waals surface area (Å²) >= 11 is 7.90. The van der Waals surface area contributed by atoms with Gasteiger partial charge in [0.1, 0.15) is 5.15 Å². The molecule has 1 fully saturated rings. The Labute approximate surface area is 159 Å². The number of ether oxygens (including phenoxy) is 1. The van der Waals surface area contributed by atoms with Gasteiger partial charge in [-0.3, -0.25) is 4.90 Å². The van der Waals surface area contributed by atoms with E-state index in [2.05, 4.69) is 35.9 Å². The lowest BCUT2D eigenvalue weighted by atomic mass is 9.79. The van der Waals surface area contributed by atoms with Crippen LogP contribution in [0.15, 0.2) is 24.4 Å². The van der Waals surface area contributed by atoms with E-state index in [0.29, 0.717) is 11.2 Å². The third kappa shape index (κ3) is 3.37. The Morgan fingerprint density at radius 1 is 1.44 bits per heavy atom. The maximum atomic E-state index is 6.43. The van der Waals surface area contributed by atoms with Crippen molar-refractivity contribution in [3.63, 3.8) is 0 Å². The van der Waals surface area contributed by atoms with Crippen molar-refractivity contribution in [1.29, 1.82) is 0 Å². The highest BCUT2D eigenvalue weighted by Gasteiger charge is 2.44. The lowest BCUT2D eigenvalue weighted by Gasteiger charge is -2.47. The summed E-state index contributed by atoms with van der Waals surface area (Å²) in [6.07, 6.45) is 6.24. The Morgan fingerprint density at radius 3 is 3.04 bits per heavy atom. The zero-order valence-corrected chi connectivity index (χ0v) is 16.5. The van der Waals surface area contributed by atoms with Crippen molar-refractivity contribution in [3.05, 3.63) is 50.4 Å². The molecule has 0 aliphatic carbocycles. The third-order valence-corrected chi connectivity index (χ3v) is 7.20. The summed E-state index contributed by atoms with van der Waals surface area (Å²) in [5.74, 6) is 0. The molecule has 2 aromatic rings. The monoisotopic (exact) mass is 376 g/mol. The van der Waals surface area contributed by atoms with Crippen molar-refractivity contribution >= 4 is 22.9 Å². The molecule has 1 spiro atoms. The fourth-order valence-electron chi connectivity index (χ4n) is 4.24. The van der Waals surface area contributed by atoms with E-state index in [1.54, 1.807) is 4.88 Å². The van der Waals surface area contributed by atoms with Gasteiger partial charge in [-0.15, -0.1) is 11.3 Å². The minimum atomic E-state index is -0.0638. The lowest BCUT2D eigenvalue weighted by Crippen LogP contribution is -2.50. The first-order valence-corrected chi connectivity index (χ1v) is 10.4. The molecule has 2 aliphatic heterocycles. The highest BCUT2D eigenvalue weighted by atomic mass is 35.5. The van der Waals surface area contributed by atoms with Gasteiger partial charge in [0.2, 0.25) is 0 Å². The molecular weight excluding hydrogens is 352 g/mol. The number of aryl methyl sites for hydroxylation is 1. The van der Waals surface area contributed by atoms with E-state index < -0.39 is 0 Å². The molecule has 1 unspecified atom stereocenters. The Bertz CT molecular complexity index is 745. The lowest BCUT2D eigenvalue weighted by molar-refractivity contribution is -0.112. The molecule has 2 aromatic heterocycles. The Kier molecular flexibility index (Phi) is 4.89. The van der Waals surface area contributed by atoms with Gasteiger partial charge >= 0.3 is 0 Å². The van der Waals surface area contributed by atoms with Crippen LogP contribution in [0.5, 0.6) is 0 Å². The minimum absolute atomic E-state index is 0.0638. The predicted octanol–water partition coefficient (Wildman–Crippen LogP) is 4.81. The Morgan fingerprint density at radius 2 is 2.32 bits per heavy atom. The molecular formula is C20H25ClN2OS. The van der Waals surface area contributed by atoms with Gasteiger partial charge in [0, 0.05) is 41.5 Å². The number of hydrogen-bond acceptors (Lipinski definition) is 4. The van der Waals surface area contributed by atoms with Gasteiger partial charge in [0.25, 0.3) is 0 Å². The predicted molar refractivity (Wildman–Crippen MR) is 103 cm³/mol. The fourth-order valence-corrected chi connectivity index (χ4v) is 5.53. The van der Waals surface area contributed by atoms with Gasteiger partial charge in [0.15, 0.2) is 0 Å². The SMILES string of the molecule is CCc1cc2c(s1)CCOC21CCN(Cc2ccc(Cl)nc2)[C@@H](C)C1. The van der Waals surface area contributed by atoms with Crippen LogP contribution in [0.4, 0.5) is 0 Å². The average Bonchev–Trinajstić information content (AvgIpc) is 3.04. The van der Waals surface area contributed by atoms with E-state index in [1.165, 1.54) is 16.0 Å². The van der Waals surface area contributed by atoms with Crippen LogP contribution in [-0.2, 0) is 29.7 Å². The quantitative estimate of drug-likeness (QED) is 0.718. The fraction of sp³-hybridized carbons (Fsp3) is 0.550. The van der Waals surface area contributed by atoms with Crippen LogP contribution >= 0.6 is 22.9 Å². The molecule has 1 saturated heterocycles. The summed E-state index contributed by atoms with van der Waals surface area (Å²) < 4.78 is 6.43. The number of thiophene rings is 1. The van der Waals surface area contributed by atoms with Gasteiger partial charge in [0.05, 0.1) is 12.2 Å². The average molecular weight is 377 g/mol. The molecule has 0 saturated carbocycles. The van der Waals surface area contributed by atoms with Crippen LogP contribution in [0.1, 0.15) is 47.6 Å². The van der Waals surface area contributed by atoms with Crippen molar-refractivity contribution in [1.82, 2.24) is 9.88 Å². The maximum Gasteiger partial charge on any atom is 0.129 e. The zero-order chi connectivity index (χ0) is 17.4. The van der Waals surface area contributed by atoms with E-state index in [-0.39, 0.29) is 5.60 Å². The molecule has 0 aromatic carbocycles. The standard InChI is InChI=1S/C20H25ClN2OS/c1-3-16-10-17-18(25-16)6-9-24-20(17)7-8-23(14(2)11-20)13-15-4-5-19(21)22-12-15/h4-5,10,12,14H,3,6-9,11,13H2,1-2H3/t14-,20?/m0/s1. The molecule has 4 heterocycles. The first kappa shape index (κ1) is 17.5. The number of rotatable bonds is 3. The second kappa shape index (κ2) is 6.99. The minimum Gasteiger partial charge on any atom is -0.370 e. The molecule has 0 radical (unpaired) electrons. The number of hydrogen-bond donors (Lipinski definition) is 0. The maximum absolute atomic E-state index is 6.43. The molecule has 0 amide bonds. The molecule has 134 valence electrons. The highest BCUT2D eigenvalue weighted by molar-refractivity contribution is 7.12. The summed E-state index contributed by atoms with van der Waals surface area (Å²) in [7, 11) is 0. The largest absolute Gasteiger partial charge is 0.370 e. The van der Waals surface area contributed by atoms with E-state index in [0.717, 1.165) is 45.4 Å². The van der Waals surface area contributed by atoms with Gasteiger partial charge in [-0.25, -0.2) is 4.98 Å². The number of pyridine rings is 1. The van der Waals surface area contributed by atoms with E-state index in [9.17, 15) is 0 Å². The molecule has 4 rings (SSSR count). The van der Waals surface area contributed by atoms with Crippen LogP contribution in [-0.4, -0.2) is 29.1 Å². The van der Waals surface area contributed by atoms with Crippen LogP contribution in [0.2, 0.25) is 5.15 Å².